The highest BCUT2D eigenvalue weighted by molar-refractivity contribution is 5.77. The molecule has 1 aromatic rings. The fourth-order valence-electron chi connectivity index (χ4n) is 3.72. The molecule has 1 unspecified atom stereocenters. The zero-order valence-electron chi connectivity index (χ0n) is 12.3. The predicted molar refractivity (Wildman–Crippen MR) is 80.0 cm³/mol. The first-order valence-corrected chi connectivity index (χ1v) is 7.90. The minimum atomic E-state index is -0.817. The lowest BCUT2D eigenvalue weighted by atomic mass is 9.82. The fraction of sp³-hybridized carbons (Fsp3) is 0.588. The Morgan fingerprint density at radius 1 is 1.29 bits per heavy atom. The smallest absolute Gasteiger partial charge is 0.223 e. The lowest BCUT2D eigenvalue weighted by molar-refractivity contribution is -0.128. The molecule has 0 radical (unpaired) electrons. The van der Waals surface area contributed by atoms with Crippen LogP contribution in [-0.2, 0) is 11.2 Å². The summed E-state index contributed by atoms with van der Waals surface area (Å²) in [5.41, 5.74) is 1.14. The first-order chi connectivity index (χ1) is 10.1. The summed E-state index contributed by atoms with van der Waals surface area (Å²) in [7, 11) is 0. The van der Waals surface area contributed by atoms with Crippen molar-refractivity contribution >= 4 is 5.91 Å². The van der Waals surface area contributed by atoms with Crippen molar-refractivity contribution < 1.29 is 15.0 Å². The van der Waals surface area contributed by atoms with Crippen molar-refractivity contribution in [1.29, 1.82) is 0 Å². The Hall–Kier alpha value is -1.55. The summed E-state index contributed by atoms with van der Waals surface area (Å²) in [6.07, 6.45) is 6.41. The second-order valence-electron chi connectivity index (χ2n) is 6.47. The molecule has 0 spiro atoms. The number of fused-ring (bicyclic) bond motifs is 1. The van der Waals surface area contributed by atoms with Gasteiger partial charge in [-0.1, -0.05) is 31.4 Å². The predicted octanol–water partition coefficient (Wildman–Crippen LogP) is 2.58. The van der Waals surface area contributed by atoms with Gasteiger partial charge < -0.3 is 15.5 Å². The molecule has 21 heavy (non-hydrogen) atoms. The van der Waals surface area contributed by atoms with Crippen molar-refractivity contribution in [3.63, 3.8) is 0 Å². The van der Waals surface area contributed by atoms with Crippen molar-refractivity contribution in [2.45, 2.75) is 63.0 Å². The van der Waals surface area contributed by atoms with Gasteiger partial charge in [0.05, 0.1) is 18.1 Å². The molecule has 2 aliphatic carbocycles. The van der Waals surface area contributed by atoms with Gasteiger partial charge >= 0.3 is 0 Å². The van der Waals surface area contributed by atoms with Crippen LogP contribution in [0.3, 0.4) is 0 Å². The van der Waals surface area contributed by atoms with Gasteiger partial charge in [0.25, 0.3) is 0 Å². The van der Waals surface area contributed by atoms with Crippen LogP contribution < -0.4 is 5.32 Å². The summed E-state index contributed by atoms with van der Waals surface area (Å²) < 4.78 is 0. The Balaban J connectivity index is 1.63. The van der Waals surface area contributed by atoms with Crippen LogP contribution in [0.1, 0.15) is 62.1 Å². The molecule has 1 saturated carbocycles. The summed E-state index contributed by atoms with van der Waals surface area (Å²) in [5, 5.41) is 23.3. The number of aliphatic hydroxyl groups is 1. The van der Waals surface area contributed by atoms with Crippen molar-refractivity contribution in [1.82, 2.24) is 5.32 Å². The number of benzene rings is 1. The molecule has 0 aliphatic heterocycles. The molecule has 1 amide bonds. The first kappa shape index (κ1) is 14.4. The van der Waals surface area contributed by atoms with E-state index < -0.39 is 5.60 Å². The highest BCUT2D eigenvalue weighted by Crippen LogP contribution is 2.37. The van der Waals surface area contributed by atoms with Crippen LogP contribution in [0.25, 0.3) is 0 Å². The average molecular weight is 289 g/mol. The molecule has 0 heterocycles. The van der Waals surface area contributed by atoms with Crippen LogP contribution in [0.2, 0.25) is 0 Å². The maximum atomic E-state index is 12.2. The van der Waals surface area contributed by atoms with Gasteiger partial charge in [-0.25, -0.2) is 0 Å². The van der Waals surface area contributed by atoms with Crippen LogP contribution in [0.15, 0.2) is 18.2 Å². The number of carbonyl (C=O) groups excluding carboxylic acids is 1. The number of carbonyl (C=O) groups is 1. The number of hydrogen-bond donors (Lipinski definition) is 3. The molecule has 1 aromatic carbocycles. The quantitative estimate of drug-likeness (QED) is 0.801. The minimum Gasteiger partial charge on any atom is -0.508 e. The molecule has 2 aliphatic rings. The number of aromatic hydroxyl groups is 1. The van der Waals surface area contributed by atoms with E-state index >= 15 is 0 Å². The zero-order chi connectivity index (χ0) is 14.9. The number of rotatable bonds is 3. The Bertz CT molecular complexity index is 535. The lowest BCUT2D eigenvalue weighted by Crippen LogP contribution is -2.39. The van der Waals surface area contributed by atoms with Crippen LogP contribution in [-0.4, -0.2) is 21.7 Å². The molecule has 114 valence electrons. The van der Waals surface area contributed by atoms with Crippen LogP contribution in [0.5, 0.6) is 5.75 Å². The van der Waals surface area contributed by atoms with Crippen molar-refractivity contribution in [2.24, 2.45) is 0 Å². The molecule has 4 heteroatoms. The number of phenols is 1. The highest BCUT2D eigenvalue weighted by atomic mass is 16.3. The van der Waals surface area contributed by atoms with E-state index in [0.29, 0.717) is 5.75 Å². The monoisotopic (exact) mass is 289 g/mol. The molecule has 0 saturated heterocycles. The molecule has 0 aromatic heterocycles. The summed E-state index contributed by atoms with van der Waals surface area (Å²) >= 11 is 0. The van der Waals surface area contributed by atoms with Crippen LogP contribution in [0.4, 0.5) is 0 Å². The molecule has 1 fully saturated rings. The number of phenolic OH excluding ortho intramolecular Hbond substituents is 1. The molecule has 0 bridgehead atoms. The van der Waals surface area contributed by atoms with Crippen LogP contribution >= 0.6 is 0 Å². The molecule has 4 nitrogen and oxygen atoms in total. The van der Waals surface area contributed by atoms with Gasteiger partial charge in [-0.2, -0.15) is 0 Å². The van der Waals surface area contributed by atoms with Gasteiger partial charge in [0, 0.05) is 0 Å². The molecule has 3 rings (SSSR count). The topological polar surface area (TPSA) is 69.6 Å². The van der Waals surface area contributed by atoms with E-state index in [9.17, 15) is 15.0 Å². The third-order valence-electron chi connectivity index (χ3n) is 4.86. The van der Waals surface area contributed by atoms with Gasteiger partial charge in [-0.15, -0.1) is 0 Å². The second kappa shape index (κ2) is 5.68. The normalized spacial score (nSPS) is 23.6. The van der Waals surface area contributed by atoms with E-state index in [1.54, 1.807) is 6.07 Å². The number of hydrogen-bond acceptors (Lipinski definition) is 3. The maximum Gasteiger partial charge on any atom is 0.223 e. The largest absolute Gasteiger partial charge is 0.508 e. The Morgan fingerprint density at radius 3 is 2.81 bits per heavy atom. The Kier molecular flexibility index (Phi) is 3.89. The van der Waals surface area contributed by atoms with Gasteiger partial charge in [-0.05, 0) is 42.9 Å². The first-order valence-electron chi connectivity index (χ1n) is 7.90. The van der Waals surface area contributed by atoms with E-state index in [2.05, 4.69) is 5.32 Å². The second-order valence-corrected chi connectivity index (χ2v) is 6.47. The molecular weight excluding hydrogens is 266 g/mol. The van der Waals surface area contributed by atoms with Gasteiger partial charge in [0.15, 0.2) is 0 Å². The molecule has 3 N–H and O–H groups in total. The van der Waals surface area contributed by atoms with E-state index in [1.807, 2.05) is 12.1 Å². The standard InChI is InChI=1S/C17H23NO3/c19-15-6-4-5-12-13(15)7-8-14(12)18-16(20)11-17(21)9-2-1-3-10-17/h4-6,14,19,21H,1-3,7-11H2,(H,18,20). The maximum absolute atomic E-state index is 12.2. The number of nitrogens with one attached hydrogen (secondary N) is 1. The van der Waals surface area contributed by atoms with Gasteiger partial charge in [0.2, 0.25) is 5.91 Å². The van der Waals surface area contributed by atoms with E-state index in [1.165, 1.54) is 0 Å². The van der Waals surface area contributed by atoms with Gasteiger partial charge in [-0.3, -0.25) is 4.79 Å². The fourth-order valence-corrected chi connectivity index (χ4v) is 3.72. The summed E-state index contributed by atoms with van der Waals surface area (Å²) in [6.45, 7) is 0. The summed E-state index contributed by atoms with van der Waals surface area (Å²) in [5.74, 6) is 0.232. The van der Waals surface area contributed by atoms with Crippen molar-refractivity contribution in [3.05, 3.63) is 29.3 Å². The third-order valence-corrected chi connectivity index (χ3v) is 4.86. The van der Waals surface area contributed by atoms with E-state index in [0.717, 1.165) is 56.1 Å². The zero-order valence-corrected chi connectivity index (χ0v) is 12.3. The summed E-state index contributed by atoms with van der Waals surface area (Å²) in [6, 6.07) is 5.43. The van der Waals surface area contributed by atoms with Crippen LogP contribution in [0, 0.1) is 0 Å². The SMILES string of the molecule is O=C(CC1(O)CCCCC1)NC1CCc2c(O)cccc21. The van der Waals surface area contributed by atoms with Crippen molar-refractivity contribution in [3.8, 4) is 5.75 Å². The Labute approximate surface area is 125 Å². The highest BCUT2D eigenvalue weighted by Gasteiger charge is 2.33. The lowest BCUT2D eigenvalue weighted by Gasteiger charge is -2.31. The average Bonchev–Trinajstić information content (AvgIpc) is 2.83. The van der Waals surface area contributed by atoms with Gasteiger partial charge in [0.1, 0.15) is 5.75 Å². The molecular formula is C17H23NO3. The minimum absolute atomic E-state index is 0.0354. The Morgan fingerprint density at radius 2 is 2.05 bits per heavy atom. The molecule has 1 atom stereocenters. The number of amides is 1. The van der Waals surface area contributed by atoms with E-state index in [4.69, 9.17) is 0 Å². The van der Waals surface area contributed by atoms with E-state index in [-0.39, 0.29) is 18.4 Å². The van der Waals surface area contributed by atoms with Crippen molar-refractivity contribution in [2.75, 3.05) is 0 Å². The third kappa shape index (κ3) is 3.05. The summed E-state index contributed by atoms with van der Waals surface area (Å²) in [4.78, 5) is 12.2.